The van der Waals surface area contributed by atoms with Crippen LogP contribution >= 0.6 is 7.92 Å². The molecule has 0 heterocycles. The summed E-state index contributed by atoms with van der Waals surface area (Å²) in [4.78, 5) is 10.7. The Morgan fingerprint density at radius 2 is 1.32 bits per heavy atom. The average Bonchev–Trinajstić information content (AvgIpc) is 2.64. The number of hydrogen-bond acceptors (Lipinski definition) is 1. The van der Waals surface area contributed by atoms with E-state index >= 15 is 0 Å². The average molecular weight is 348 g/mol. The van der Waals surface area contributed by atoms with Crippen LogP contribution in [0.5, 0.6) is 0 Å². The van der Waals surface area contributed by atoms with Gasteiger partial charge >= 0.3 is 5.97 Å². The maximum Gasteiger partial charge on any atom is 0.303 e. The summed E-state index contributed by atoms with van der Waals surface area (Å²) in [5, 5.41) is 12.8. The third kappa shape index (κ3) is 4.78. The van der Waals surface area contributed by atoms with Crippen molar-refractivity contribution in [2.45, 2.75) is 19.3 Å². The molecule has 0 fully saturated rings. The van der Waals surface area contributed by atoms with Gasteiger partial charge in [0.15, 0.2) is 0 Å². The van der Waals surface area contributed by atoms with Crippen molar-refractivity contribution < 1.29 is 9.90 Å². The lowest BCUT2D eigenvalue weighted by Gasteiger charge is -2.20. The van der Waals surface area contributed by atoms with E-state index in [0.29, 0.717) is 6.42 Å². The van der Waals surface area contributed by atoms with Crippen molar-refractivity contribution in [1.82, 2.24) is 0 Å². The fourth-order valence-electron chi connectivity index (χ4n) is 2.90. The van der Waals surface area contributed by atoms with Crippen molar-refractivity contribution in [3.05, 3.63) is 90.5 Å². The largest absolute Gasteiger partial charge is 0.481 e. The summed E-state index contributed by atoms with van der Waals surface area (Å²) >= 11 is 0. The second-order valence-corrected chi connectivity index (χ2v) is 8.14. The molecule has 0 radical (unpaired) electrons. The summed E-state index contributed by atoms with van der Waals surface area (Å²) in [5.74, 6) is -0.730. The molecule has 126 valence electrons. The van der Waals surface area contributed by atoms with Crippen LogP contribution in [0, 0.1) is 0 Å². The molecule has 0 bridgehead atoms. The zero-order valence-electron chi connectivity index (χ0n) is 14.0. The third-order valence-electron chi connectivity index (χ3n) is 4.05. The Labute approximate surface area is 149 Å². The van der Waals surface area contributed by atoms with Gasteiger partial charge in [-0.1, -0.05) is 84.9 Å². The van der Waals surface area contributed by atoms with E-state index in [2.05, 4.69) is 72.8 Å². The third-order valence-corrected chi connectivity index (χ3v) is 6.48. The van der Waals surface area contributed by atoms with E-state index in [1.54, 1.807) is 0 Å². The molecule has 0 atom stereocenters. The highest BCUT2D eigenvalue weighted by atomic mass is 31.1. The Morgan fingerprint density at radius 3 is 1.88 bits per heavy atom. The van der Waals surface area contributed by atoms with Gasteiger partial charge in [-0.25, -0.2) is 0 Å². The highest BCUT2D eigenvalue weighted by Gasteiger charge is 2.16. The van der Waals surface area contributed by atoms with Gasteiger partial charge in [-0.2, -0.15) is 0 Å². The van der Waals surface area contributed by atoms with Crippen LogP contribution < -0.4 is 15.9 Å². The summed E-state index contributed by atoms with van der Waals surface area (Å²) in [6.07, 6.45) is 1.69. The Morgan fingerprint density at radius 1 is 0.760 bits per heavy atom. The van der Waals surface area contributed by atoms with E-state index < -0.39 is 13.9 Å². The van der Waals surface area contributed by atoms with Crippen molar-refractivity contribution in [3.63, 3.8) is 0 Å². The number of carboxylic acid groups (broad SMARTS) is 1. The molecule has 3 aromatic carbocycles. The fourth-order valence-corrected chi connectivity index (χ4v) is 5.26. The quantitative estimate of drug-likeness (QED) is 0.659. The number of rotatable bonds is 7. The molecule has 25 heavy (non-hydrogen) atoms. The van der Waals surface area contributed by atoms with Crippen LogP contribution in [0.15, 0.2) is 84.9 Å². The molecule has 3 aromatic rings. The maximum atomic E-state index is 10.7. The van der Waals surface area contributed by atoms with Crippen molar-refractivity contribution in [2.24, 2.45) is 0 Å². The fraction of sp³-hybridized carbons (Fsp3) is 0.136. The van der Waals surface area contributed by atoms with E-state index in [9.17, 15) is 4.79 Å². The molecule has 0 aliphatic carbocycles. The molecule has 0 spiro atoms. The highest BCUT2D eigenvalue weighted by Crippen LogP contribution is 2.32. The van der Waals surface area contributed by atoms with Crippen LogP contribution in [-0.4, -0.2) is 11.1 Å². The lowest BCUT2D eigenvalue weighted by Crippen LogP contribution is -2.20. The Balaban J connectivity index is 1.93. The standard InChI is InChI=1S/C22H21O2P/c23-22(24)16-8-10-18-9-7-15-21(17-18)25(19-11-3-1-4-12-19)20-13-5-2-6-14-20/h1-7,9,11-15,17H,8,10,16H2,(H,23,24). The van der Waals surface area contributed by atoms with Crippen molar-refractivity contribution >= 4 is 29.8 Å². The molecule has 0 saturated carbocycles. The number of carbonyl (C=O) groups is 1. The van der Waals surface area contributed by atoms with E-state index in [0.717, 1.165) is 6.42 Å². The molecule has 3 heteroatoms. The van der Waals surface area contributed by atoms with E-state index in [-0.39, 0.29) is 6.42 Å². The van der Waals surface area contributed by atoms with Gasteiger partial charge in [-0.3, -0.25) is 4.79 Å². The minimum Gasteiger partial charge on any atom is -0.481 e. The number of carboxylic acids is 1. The van der Waals surface area contributed by atoms with E-state index in [4.69, 9.17) is 5.11 Å². The Kier molecular flexibility index (Phi) is 5.98. The van der Waals surface area contributed by atoms with Gasteiger partial charge in [0.2, 0.25) is 0 Å². The minimum absolute atomic E-state index is 0.219. The summed E-state index contributed by atoms with van der Waals surface area (Å²) in [7, 11) is -0.606. The number of aryl methyl sites for hydroxylation is 1. The monoisotopic (exact) mass is 348 g/mol. The molecule has 0 aliphatic heterocycles. The molecule has 2 nitrogen and oxygen atoms in total. The maximum absolute atomic E-state index is 10.7. The summed E-state index contributed by atoms with van der Waals surface area (Å²) in [6.45, 7) is 0. The van der Waals surface area contributed by atoms with Crippen LogP contribution in [0.2, 0.25) is 0 Å². The van der Waals surface area contributed by atoms with Gasteiger partial charge in [0.25, 0.3) is 0 Å². The molecule has 0 aliphatic rings. The first kappa shape index (κ1) is 17.4. The number of hydrogen-bond donors (Lipinski definition) is 1. The van der Waals surface area contributed by atoms with Gasteiger partial charge in [-0.15, -0.1) is 0 Å². The Hall–Kier alpha value is -2.44. The Bertz CT molecular complexity index is 776. The van der Waals surface area contributed by atoms with Crippen LogP contribution in [0.1, 0.15) is 18.4 Å². The molecule has 0 unspecified atom stereocenters. The van der Waals surface area contributed by atoms with Crippen LogP contribution in [0.25, 0.3) is 0 Å². The molecule has 3 rings (SSSR count). The van der Waals surface area contributed by atoms with Crippen molar-refractivity contribution in [2.75, 3.05) is 0 Å². The first-order valence-corrected chi connectivity index (χ1v) is 9.79. The first-order chi connectivity index (χ1) is 12.2. The topological polar surface area (TPSA) is 37.3 Å². The number of benzene rings is 3. The van der Waals surface area contributed by atoms with Gasteiger partial charge in [0.05, 0.1) is 0 Å². The smallest absolute Gasteiger partial charge is 0.303 e. The van der Waals surface area contributed by atoms with Crippen molar-refractivity contribution in [1.29, 1.82) is 0 Å². The predicted molar refractivity (Wildman–Crippen MR) is 106 cm³/mol. The van der Waals surface area contributed by atoms with Gasteiger partial charge in [0.1, 0.15) is 0 Å². The second kappa shape index (κ2) is 8.60. The van der Waals surface area contributed by atoms with Gasteiger partial charge in [-0.05, 0) is 42.2 Å². The molecular formula is C22H21O2P. The minimum atomic E-state index is -0.730. The SMILES string of the molecule is O=C(O)CCCc1cccc(P(c2ccccc2)c2ccccc2)c1. The molecule has 0 saturated heterocycles. The molecule has 0 amide bonds. The number of aliphatic carboxylic acids is 1. The summed E-state index contributed by atoms with van der Waals surface area (Å²) < 4.78 is 0. The zero-order valence-corrected chi connectivity index (χ0v) is 14.9. The molecule has 0 aromatic heterocycles. The van der Waals surface area contributed by atoms with Crippen molar-refractivity contribution in [3.8, 4) is 0 Å². The van der Waals surface area contributed by atoms with Crippen LogP contribution in [0.3, 0.4) is 0 Å². The highest BCUT2D eigenvalue weighted by molar-refractivity contribution is 7.79. The van der Waals surface area contributed by atoms with Gasteiger partial charge < -0.3 is 5.11 Å². The van der Waals surface area contributed by atoms with Gasteiger partial charge in [0, 0.05) is 6.42 Å². The van der Waals surface area contributed by atoms with Crippen LogP contribution in [-0.2, 0) is 11.2 Å². The first-order valence-electron chi connectivity index (χ1n) is 8.45. The lowest BCUT2D eigenvalue weighted by atomic mass is 10.1. The zero-order chi connectivity index (χ0) is 17.5. The lowest BCUT2D eigenvalue weighted by molar-refractivity contribution is -0.137. The molecule has 1 N–H and O–H groups in total. The second-order valence-electron chi connectivity index (χ2n) is 5.92. The van der Waals surface area contributed by atoms with E-state index in [1.165, 1.54) is 21.5 Å². The van der Waals surface area contributed by atoms with Crippen LogP contribution in [0.4, 0.5) is 0 Å². The molecular weight excluding hydrogens is 327 g/mol. The summed E-state index contributed by atoms with van der Waals surface area (Å²) in [6, 6.07) is 29.8. The normalized spacial score (nSPS) is 10.8. The predicted octanol–water partition coefficient (Wildman–Crippen LogP) is 3.85. The van der Waals surface area contributed by atoms with E-state index in [1.807, 2.05) is 12.1 Å². The summed E-state index contributed by atoms with van der Waals surface area (Å²) in [5.41, 5.74) is 1.21.